The number of halogens is 1. The van der Waals surface area contributed by atoms with Gasteiger partial charge in [0.15, 0.2) is 5.82 Å². The van der Waals surface area contributed by atoms with Crippen molar-refractivity contribution in [2.45, 2.75) is 18.4 Å². The van der Waals surface area contributed by atoms with Gasteiger partial charge in [-0.25, -0.2) is 14.4 Å². The Hall–Kier alpha value is -0.680. The molecule has 72 valence electrons. The molecule has 0 aliphatic heterocycles. The maximum Gasteiger partial charge on any atom is 0.176 e. The fourth-order valence-corrected chi connectivity index (χ4v) is 1.63. The van der Waals surface area contributed by atoms with E-state index in [2.05, 4.69) is 9.97 Å². The lowest BCUT2D eigenvalue weighted by atomic mass is 10.4. The number of hydrogen-bond acceptors (Lipinski definition) is 4. The molecule has 0 aromatic carbocycles. The van der Waals surface area contributed by atoms with Gasteiger partial charge in [-0.15, -0.1) is 11.8 Å². The Morgan fingerprint density at radius 1 is 1.54 bits per heavy atom. The zero-order chi connectivity index (χ0) is 9.68. The molecule has 5 heteroatoms. The highest BCUT2D eigenvalue weighted by Crippen LogP contribution is 2.20. The lowest BCUT2D eigenvalue weighted by Crippen LogP contribution is -1.95. The summed E-state index contributed by atoms with van der Waals surface area (Å²) in [5.74, 6) is 0.314. The normalized spacial score (nSPS) is 10.4. The van der Waals surface area contributed by atoms with Crippen LogP contribution in [0.3, 0.4) is 0 Å². The molecule has 1 heterocycles. The predicted octanol–water partition coefficient (Wildman–Crippen LogP) is 1.40. The molecule has 1 N–H and O–H groups in total. The number of aromatic nitrogens is 2. The molecule has 1 rings (SSSR count). The van der Waals surface area contributed by atoms with Gasteiger partial charge in [-0.1, -0.05) is 0 Å². The number of aryl methyl sites for hydroxylation is 1. The van der Waals surface area contributed by atoms with Crippen LogP contribution in [0.5, 0.6) is 0 Å². The molecule has 1 aromatic heterocycles. The van der Waals surface area contributed by atoms with E-state index in [1.54, 1.807) is 6.92 Å². The molecule has 0 saturated carbocycles. The number of thioether (sulfide) groups is 1. The van der Waals surface area contributed by atoms with E-state index in [0.29, 0.717) is 22.9 Å². The number of hydrogen-bond donors (Lipinski definition) is 1. The van der Waals surface area contributed by atoms with Crippen LogP contribution in [0.1, 0.15) is 12.1 Å². The Morgan fingerprint density at radius 3 is 3.00 bits per heavy atom. The second kappa shape index (κ2) is 5.14. The Kier molecular flexibility index (Phi) is 4.11. The second-order valence-electron chi connectivity index (χ2n) is 2.50. The van der Waals surface area contributed by atoms with E-state index in [9.17, 15) is 4.39 Å². The highest BCUT2D eigenvalue weighted by Gasteiger charge is 2.06. The third-order valence-corrected chi connectivity index (χ3v) is 2.52. The predicted molar refractivity (Wildman–Crippen MR) is 49.2 cm³/mol. The first-order chi connectivity index (χ1) is 6.25. The first-order valence-corrected chi connectivity index (χ1v) is 4.95. The van der Waals surface area contributed by atoms with Crippen LogP contribution < -0.4 is 0 Å². The number of nitrogens with zero attached hydrogens (tertiary/aromatic N) is 2. The largest absolute Gasteiger partial charge is 0.396 e. The van der Waals surface area contributed by atoms with Crippen molar-refractivity contribution in [1.82, 2.24) is 9.97 Å². The van der Waals surface area contributed by atoms with Crippen molar-refractivity contribution in [3.63, 3.8) is 0 Å². The van der Waals surface area contributed by atoms with Crippen molar-refractivity contribution in [3.8, 4) is 0 Å². The first-order valence-electron chi connectivity index (χ1n) is 3.96. The molecule has 3 nitrogen and oxygen atoms in total. The van der Waals surface area contributed by atoms with Crippen molar-refractivity contribution in [3.05, 3.63) is 17.8 Å². The van der Waals surface area contributed by atoms with Crippen LogP contribution >= 0.6 is 11.8 Å². The summed E-state index contributed by atoms with van der Waals surface area (Å²) >= 11 is 1.30. The summed E-state index contributed by atoms with van der Waals surface area (Å²) in [5.41, 5.74) is 0.362. The van der Waals surface area contributed by atoms with E-state index >= 15 is 0 Å². The lowest BCUT2D eigenvalue weighted by molar-refractivity contribution is 0.296. The third kappa shape index (κ3) is 2.93. The second-order valence-corrected chi connectivity index (χ2v) is 3.59. The quantitative estimate of drug-likeness (QED) is 0.455. The summed E-state index contributed by atoms with van der Waals surface area (Å²) in [5, 5.41) is 8.89. The van der Waals surface area contributed by atoms with Gasteiger partial charge in [-0.05, 0) is 13.3 Å². The van der Waals surface area contributed by atoms with E-state index in [4.69, 9.17) is 5.11 Å². The van der Waals surface area contributed by atoms with Crippen LogP contribution in [0, 0.1) is 12.7 Å². The van der Waals surface area contributed by atoms with Crippen LogP contribution in [0.25, 0.3) is 0 Å². The van der Waals surface area contributed by atoms with Gasteiger partial charge >= 0.3 is 0 Å². The van der Waals surface area contributed by atoms with Gasteiger partial charge in [0.25, 0.3) is 0 Å². The molecule has 0 bridgehead atoms. The van der Waals surface area contributed by atoms with Gasteiger partial charge in [0.05, 0.1) is 5.69 Å². The van der Waals surface area contributed by atoms with Crippen molar-refractivity contribution < 1.29 is 9.50 Å². The maximum absolute atomic E-state index is 13.2. The van der Waals surface area contributed by atoms with E-state index < -0.39 is 0 Å². The first kappa shape index (κ1) is 10.4. The molecule has 1 aromatic rings. The molecule has 13 heavy (non-hydrogen) atoms. The minimum absolute atomic E-state index is 0.124. The standard InChI is InChI=1S/C8H11FN2OS/c1-6-7(9)8(11-5-10-6)13-4-2-3-12/h5,12H,2-4H2,1H3. The van der Waals surface area contributed by atoms with E-state index in [0.717, 1.165) is 0 Å². The number of rotatable bonds is 4. The summed E-state index contributed by atoms with van der Waals surface area (Å²) in [7, 11) is 0. The van der Waals surface area contributed by atoms with Gasteiger partial charge < -0.3 is 5.11 Å². The molecule has 0 amide bonds. The van der Waals surface area contributed by atoms with Gasteiger partial charge in [0, 0.05) is 12.4 Å². The molecular weight excluding hydrogens is 191 g/mol. The number of aliphatic hydroxyl groups excluding tert-OH is 1. The van der Waals surface area contributed by atoms with Crippen molar-refractivity contribution in [1.29, 1.82) is 0 Å². The van der Waals surface area contributed by atoms with Crippen molar-refractivity contribution in [2.24, 2.45) is 0 Å². The summed E-state index contributed by atoms with van der Waals surface area (Å²) < 4.78 is 13.2. The monoisotopic (exact) mass is 202 g/mol. The molecule has 0 fully saturated rings. The minimum Gasteiger partial charge on any atom is -0.396 e. The van der Waals surface area contributed by atoms with Crippen LogP contribution in [0.4, 0.5) is 4.39 Å². The Morgan fingerprint density at radius 2 is 2.31 bits per heavy atom. The molecule has 0 unspecified atom stereocenters. The SMILES string of the molecule is Cc1ncnc(SCCCO)c1F. The molecule has 0 atom stereocenters. The number of aliphatic hydroxyl groups is 1. The van der Waals surface area contributed by atoms with Crippen molar-refractivity contribution >= 4 is 11.8 Å². The fraction of sp³-hybridized carbons (Fsp3) is 0.500. The lowest BCUT2D eigenvalue weighted by Gasteiger charge is -2.01. The topological polar surface area (TPSA) is 46.0 Å². The average molecular weight is 202 g/mol. The van der Waals surface area contributed by atoms with Gasteiger partial charge in [-0.3, -0.25) is 0 Å². The Balaban J connectivity index is 2.61. The third-order valence-electron chi connectivity index (χ3n) is 1.47. The highest BCUT2D eigenvalue weighted by atomic mass is 32.2. The molecule has 0 spiro atoms. The summed E-state index contributed by atoms with van der Waals surface area (Å²) in [6.07, 6.45) is 1.99. The van der Waals surface area contributed by atoms with Crippen LogP contribution in [-0.4, -0.2) is 27.4 Å². The van der Waals surface area contributed by atoms with E-state index in [1.165, 1.54) is 18.1 Å². The zero-order valence-corrected chi connectivity index (χ0v) is 8.14. The van der Waals surface area contributed by atoms with Gasteiger partial charge in [0.2, 0.25) is 0 Å². The molecule has 0 aliphatic rings. The smallest absolute Gasteiger partial charge is 0.176 e. The highest BCUT2D eigenvalue weighted by molar-refractivity contribution is 7.99. The molecule has 0 saturated heterocycles. The Bertz CT molecular complexity index is 283. The van der Waals surface area contributed by atoms with Crippen LogP contribution in [-0.2, 0) is 0 Å². The molecular formula is C8H11FN2OS. The summed E-state index contributed by atoms with van der Waals surface area (Å²) in [6.45, 7) is 1.73. The summed E-state index contributed by atoms with van der Waals surface area (Å²) in [6, 6.07) is 0. The van der Waals surface area contributed by atoms with Crippen LogP contribution in [0.2, 0.25) is 0 Å². The zero-order valence-electron chi connectivity index (χ0n) is 7.33. The van der Waals surface area contributed by atoms with Crippen molar-refractivity contribution in [2.75, 3.05) is 12.4 Å². The average Bonchev–Trinajstić information content (AvgIpc) is 2.13. The van der Waals surface area contributed by atoms with Gasteiger partial charge in [-0.2, -0.15) is 0 Å². The minimum atomic E-state index is -0.356. The molecule has 0 radical (unpaired) electrons. The van der Waals surface area contributed by atoms with Gasteiger partial charge in [0.1, 0.15) is 11.4 Å². The van der Waals surface area contributed by atoms with Crippen LogP contribution in [0.15, 0.2) is 11.4 Å². The molecule has 0 aliphatic carbocycles. The fourth-order valence-electron chi connectivity index (χ4n) is 0.770. The Labute approximate surface area is 80.4 Å². The van der Waals surface area contributed by atoms with E-state index in [1.807, 2.05) is 0 Å². The maximum atomic E-state index is 13.2. The summed E-state index contributed by atoms with van der Waals surface area (Å²) in [4.78, 5) is 7.52. The van der Waals surface area contributed by atoms with E-state index in [-0.39, 0.29) is 12.4 Å².